The molecule has 25 heavy (non-hydrogen) atoms. The summed E-state index contributed by atoms with van der Waals surface area (Å²) < 4.78 is 42.8. The molecule has 1 aromatic heterocycles. The number of hydrogen-bond donors (Lipinski definition) is 0. The summed E-state index contributed by atoms with van der Waals surface area (Å²) >= 11 is 11.6. The molecule has 9 heteroatoms. The van der Waals surface area contributed by atoms with E-state index in [9.17, 15) is 18.0 Å². The van der Waals surface area contributed by atoms with Crippen LogP contribution in [0.15, 0.2) is 36.5 Å². The van der Waals surface area contributed by atoms with Crippen molar-refractivity contribution in [3.8, 4) is 11.8 Å². The molecule has 2 aromatic rings. The van der Waals surface area contributed by atoms with E-state index < -0.39 is 30.0 Å². The molecule has 4 nitrogen and oxygen atoms in total. The second kappa shape index (κ2) is 7.72. The van der Waals surface area contributed by atoms with Gasteiger partial charge in [0.25, 0.3) is 0 Å². The van der Waals surface area contributed by atoms with E-state index >= 15 is 0 Å². The maximum absolute atomic E-state index is 12.5. The number of ether oxygens (including phenoxy) is 1. The second-order valence-corrected chi connectivity index (χ2v) is 5.68. The Kier molecular flexibility index (Phi) is 5.88. The van der Waals surface area contributed by atoms with Crippen molar-refractivity contribution >= 4 is 29.0 Å². The molecule has 1 heterocycles. The van der Waals surface area contributed by atoms with E-state index in [4.69, 9.17) is 33.2 Å². The molecule has 0 spiro atoms. The number of carbonyl (C=O) groups excluding carboxylic acids is 1. The van der Waals surface area contributed by atoms with Crippen LogP contribution >= 0.6 is 23.2 Å². The minimum atomic E-state index is -4.55. The molecule has 0 radical (unpaired) electrons. The van der Waals surface area contributed by atoms with Gasteiger partial charge in [0.2, 0.25) is 0 Å². The SMILES string of the molecule is N#CC(C(=O)COc1ccc(Cl)c(Cl)c1)c1ccc(C(F)(F)F)cn1. The van der Waals surface area contributed by atoms with Crippen molar-refractivity contribution in [1.29, 1.82) is 5.26 Å². The minimum Gasteiger partial charge on any atom is -0.486 e. The van der Waals surface area contributed by atoms with Crippen LogP contribution in [0.2, 0.25) is 10.0 Å². The molecule has 1 atom stereocenters. The summed E-state index contributed by atoms with van der Waals surface area (Å²) in [5.74, 6) is -1.73. The van der Waals surface area contributed by atoms with E-state index in [0.29, 0.717) is 11.2 Å². The first kappa shape index (κ1) is 19.0. The number of nitriles is 1. The largest absolute Gasteiger partial charge is 0.486 e. The number of hydrogen-bond acceptors (Lipinski definition) is 4. The van der Waals surface area contributed by atoms with Gasteiger partial charge < -0.3 is 4.74 Å². The number of rotatable bonds is 5. The van der Waals surface area contributed by atoms with Crippen molar-refractivity contribution in [3.05, 3.63) is 57.8 Å². The van der Waals surface area contributed by atoms with Gasteiger partial charge in [0, 0.05) is 12.3 Å². The Bertz CT molecular complexity index is 818. The molecule has 0 aliphatic carbocycles. The van der Waals surface area contributed by atoms with E-state index in [1.807, 2.05) is 0 Å². The van der Waals surface area contributed by atoms with Gasteiger partial charge in [-0.25, -0.2) is 0 Å². The Hall–Kier alpha value is -2.30. The fourth-order valence-electron chi connectivity index (χ4n) is 1.85. The van der Waals surface area contributed by atoms with Crippen LogP contribution in [0.3, 0.4) is 0 Å². The number of nitrogens with zero attached hydrogens (tertiary/aromatic N) is 2. The number of benzene rings is 1. The topological polar surface area (TPSA) is 63.0 Å². The van der Waals surface area contributed by atoms with Crippen LogP contribution in [0.4, 0.5) is 13.2 Å². The minimum absolute atomic E-state index is 0.0850. The van der Waals surface area contributed by atoms with Crippen molar-refractivity contribution in [3.63, 3.8) is 0 Å². The highest BCUT2D eigenvalue weighted by Gasteiger charge is 2.31. The molecule has 0 amide bonds. The molecular formula is C16H9Cl2F3N2O2. The summed E-state index contributed by atoms with van der Waals surface area (Å²) in [7, 11) is 0. The smallest absolute Gasteiger partial charge is 0.417 e. The van der Waals surface area contributed by atoms with Crippen molar-refractivity contribution in [2.45, 2.75) is 12.1 Å². The third kappa shape index (κ3) is 4.84. The van der Waals surface area contributed by atoms with Gasteiger partial charge >= 0.3 is 6.18 Å². The Morgan fingerprint density at radius 2 is 1.96 bits per heavy atom. The maximum Gasteiger partial charge on any atom is 0.417 e. The molecule has 0 N–H and O–H groups in total. The van der Waals surface area contributed by atoms with Gasteiger partial charge in [0.15, 0.2) is 11.7 Å². The lowest BCUT2D eigenvalue weighted by atomic mass is 10.0. The maximum atomic E-state index is 12.5. The van der Waals surface area contributed by atoms with E-state index in [0.717, 1.165) is 12.1 Å². The lowest BCUT2D eigenvalue weighted by Gasteiger charge is -2.11. The summed E-state index contributed by atoms with van der Waals surface area (Å²) in [6.07, 6.45) is -3.97. The van der Waals surface area contributed by atoms with Gasteiger partial charge in [-0.15, -0.1) is 0 Å². The molecule has 0 fully saturated rings. The predicted octanol–water partition coefficient (Wildman–Crippen LogP) is 4.66. The number of Topliss-reactive ketones (excluding diaryl/α,β-unsaturated/α-hetero) is 1. The Morgan fingerprint density at radius 1 is 1.24 bits per heavy atom. The summed E-state index contributed by atoms with van der Waals surface area (Å²) in [5, 5.41) is 9.67. The van der Waals surface area contributed by atoms with Crippen LogP contribution < -0.4 is 4.74 Å². The first-order valence-electron chi connectivity index (χ1n) is 6.75. The Balaban J connectivity index is 2.08. The van der Waals surface area contributed by atoms with Crippen LogP contribution in [0.5, 0.6) is 5.75 Å². The summed E-state index contributed by atoms with van der Waals surface area (Å²) in [6, 6.07) is 7.83. The average molecular weight is 389 g/mol. The predicted molar refractivity (Wildman–Crippen MR) is 84.6 cm³/mol. The lowest BCUT2D eigenvalue weighted by Crippen LogP contribution is -2.20. The lowest BCUT2D eigenvalue weighted by molar-refractivity contribution is -0.137. The van der Waals surface area contributed by atoms with Crippen LogP contribution in [-0.4, -0.2) is 17.4 Å². The van der Waals surface area contributed by atoms with Gasteiger partial charge in [0.1, 0.15) is 12.4 Å². The quantitative estimate of drug-likeness (QED) is 0.746. The number of ketones is 1. The van der Waals surface area contributed by atoms with E-state index in [2.05, 4.69) is 4.98 Å². The molecule has 0 bridgehead atoms. The zero-order valence-corrected chi connectivity index (χ0v) is 13.9. The number of carbonyl (C=O) groups is 1. The van der Waals surface area contributed by atoms with Gasteiger partial charge in [0.05, 0.1) is 27.4 Å². The summed E-state index contributed by atoms with van der Waals surface area (Å²) in [4.78, 5) is 15.7. The summed E-state index contributed by atoms with van der Waals surface area (Å²) in [5.41, 5.74) is -1.05. The molecular weight excluding hydrogens is 380 g/mol. The zero-order valence-electron chi connectivity index (χ0n) is 12.3. The molecule has 1 aromatic carbocycles. The number of alkyl halides is 3. The molecule has 2 rings (SSSR count). The van der Waals surface area contributed by atoms with Crippen LogP contribution in [0.25, 0.3) is 0 Å². The van der Waals surface area contributed by atoms with Gasteiger partial charge in [-0.05, 0) is 24.3 Å². The Labute approximate surface area is 150 Å². The molecule has 130 valence electrons. The Morgan fingerprint density at radius 3 is 2.48 bits per heavy atom. The number of pyridine rings is 1. The van der Waals surface area contributed by atoms with Gasteiger partial charge in [-0.3, -0.25) is 9.78 Å². The highest BCUT2D eigenvalue weighted by atomic mass is 35.5. The van der Waals surface area contributed by atoms with E-state index in [-0.39, 0.29) is 16.5 Å². The van der Waals surface area contributed by atoms with Crippen molar-refractivity contribution in [2.24, 2.45) is 0 Å². The number of halogens is 5. The monoisotopic (exact) mass is 388 g/mol. The van der Waals surface area contributed by atoms with Crippen LogP contribution in [0, 0.1) is 11.3 Å². The van der Waals surface area contributed by atoms with Crippen LogP contribution in [-0.2, 0) is 11.0 Å². The third-order valence-electron chi connectivity index (χ3n) is 3.13. The molecule has 0 saturated heterocycles. The average Bonchev–Trinajstić information content (AvgIpc) is 2.56. The van der Waals surface area contributed by atoms with Gasteiger partial charge in [-0.1, -0.05) is 23.2 Å². The molecule has 0 saturated carbocycles. The van der Waals surface area contributed by atoms with Crippen molar-refractivity contribution in [2.75, 3.05) is 6.61 Å². The second-order valence-electron chi connectivity index (χ2n) is 4.86. The highest BCUT2D eigenvalue weighted by Crippen LogP contribution is 2.29. The number of aromatic nitrogens is 1. The third-order valence-corrected chi connectivity index (χ3v) is 3.87. The first-order chi connectivity index (χ1) is 11.7. The normalized spacial score (nSPS) is 12.3. The van der Waals surface area contributed by atoms with Crippen molar-refractivity contribution in [1.82, 2.24) is 4.98 Å². The fourth-order valence-corrected chi connectivity index (χ4v) is 2.14. The molecule has 0 aliphatic rings. The zero-order chi connectivity index (χ0) is 18.6. The fraction of sp³-hybridized carbons (Fsp3) is 0.188. The molecule has 1 unspecified atom stereocenters. The van der Waals surface area contributed by atoms with Crippen molar-refractivity contribution < 1.29 is 22.7 Å². The highest BCUT2D eigenvalue weighted by molar-refractivity contribution is 6.42. The standard InChI is InChI=1S/C16H9Cl2F3N2O2/c17-12-3-2-10(5-13(12)18)25-8-15(24)11(6-22)14-4-1-9(7-23-14)16(19,20)21/h1-5,7,11H,8H2. The van der Waals surface area contributed by atoms with Gasteiger partial charge in [-0.2, -0.15) is 18.4 Å². The first-order valence-corrected chi connectivity index (χ1v) is 7.51. The van der Waals surface area contributed by atoms with E-state index in [1.165, 1.54) is 18.2 Å². The summed E-state index contributed by atoms with van der Waals surface area (Å²) in [6.45, 7) is -0.473. The molecule has 0 aliphatic heterocycles. The van der Waals surface area contributed by atoms with E-state index in [1.54, 1.807) is 6.07 Å². The van der Waals surface area contributed by atoms with Crippen LogP contribution in [0.1, 0.15) is 17.2 Å².